The number of carbonyl (C=O) groups excluding carboxylic acids is 1. The lowest BCUT2D eigenvalue weighted by molar-refractivity contribution is 0.101. The Morgan fingerprint density at radius 3 is 2.80 bits per heavy atom. The number of aromatic nitrogens is 1. The molecule has 0 atom stereocenters. The number of ether oxygens (including phenoxy) is 1. The number of rotatable bonds is 2. The Bertz CT molecular complexity index is 531. The van der Waals surface area contributed by atoms with Crippen LogP contribution < -0.4 is 4.74 Å². The number of benzene rings is 1. The van der Waals surface area contributed by atoms with Crippen LogP contribution in [-0.2, 0) is 0 Å². The van der Waals surface area contributed by atoms with Gasteiger partial charge in [0.1, 0.15) is 10.9 Å². The number of H-pyrrole nitrogens is 1. The summed E-state index contributed by atoms with van der Waals surface area (Å²) in [5, 5.41) is 1.16. The summed E-state index contributed by atoms with van der Waals surface area (Å²) in [5.41, 5.74) is 1.28. The minimum atomic E-state index is -0.0560. The average Bonchev–Trinajstić information content (AvgIpc) is 2.53. The number of carbonyl (C=O) groups is 1. The van der Waals surface area contributed by atoms with Crippen molar-refractivity contribution in [2.24, 2.45) is 0 Å². The van der Waals surface area contributed by atoms with Crippen LogP contribution in [0.2, 0.25) is 5.15 Å². The average molecular weight is 224 g/mol. The number of Topliss-reactive ketones (excluding diaryl/α,β-unsaturated/α-hetero) is 1. The van der Waals surface area contributed by atoms with Gasteiger partial charge < -0.3 is 9.72 Å². The molecule has 0 fully saturated rings. The summed E-state index contributed by atoms with van der Waals surface area (Å²) < 4.78 is 5.17. The maximum atomic E-state index is 11.4. The molecule has 1 aromatic carbocycles. The van der Waals surface area contributed by atoms with E-state index in [1.165, 1.54) is 6.92 Å². The third kappa shape index (κ3) is 1.49. The summed E-state index contributed by atoms with van der Waals surface area (Å²) in [6, 6.07) is 5.49. The van der Waals surface area contributed by atoms with Gasteiger partial charge in [-0.1, -0.05) is 23.7 Å². The minimum absolute atomic E-state index is 0.0560. The lowest BCUT2D eigenvalue weighted by Crippen LogP contribution is -1.90. The summed E-state index contributed by atoms with van der Waals surface area (Å²) in [5.74, 6) is 0.626. The molecule has 0 saturated carbocycles. The van der Waals surface area contributed by atoms with Crippen molar-refractivity contribution in [3.63, 3.8) is 0 Å². The van der Waals surface area contributed by atoms with Gasteiger partial charge in [0.05, 0.1) is 18.2 Å². The Labute approximate surface area is 92.0 Å². The Morgan fingerprint density at radius 1 is 1.47 bits per heavy atom. The van der Waals surface area contributed by atoms with Gasteiger partial charge in [0, 0.05) is 5.39 Å². The molecule has 0 amide bonds. The van der Waals surface area contributed by atoms with E-state index in [0.29, 0.717) is 16.5 Å². The molecule has 0 aliphatic rings. The molecule has 0 saturated heterocycles. The largest absolute Gasteiger partial charge is 0.495 e. The Hall–Kier alpha value is -1.48. The van der Waals surface area contributed by atoms with Crippen LogP contribution in [0.4, 0.5) is 0 Å². The standard InChI is InChI=1S/C11H10ClNO2/c1-6(14)9-7-4-3-5-8(15-2)10(7)13-11(9)12/h3-5,13H,1-2H3. The fourth-order valence-corrected chi connectivity index (χ4v) is 2.00. The predicted molar refractivity (Wildman–Crippen MR) is 59.9 cm³/mol. The van der Waals surface area contributed by atoms with Crippen molar-refractivity contribution in [2.75, 3.05) is 7.11 Å². The van der Waals surface area contributed by atoms with E-state index < -0.39 is 0 Å². The Morgan fingerprint density at radius 2 is 2.20 bits per heavy atom. The fraction of sp³-hybridized carbons (Fsp3) is 0.182. The molecule has 0 radical (unpaired) electrons. The van der Waals surface area contributed by atoms with Crippen LogP contribution in [-0.4, -0.2) is 17.9 Å². The lowest BCUT2D eigenvalue weighted by atomic mass is 10.1. The molecule has 0 spiro atoms. The van der Waals surface area contributed by atoms with Crippen molar-refractivity contribution in [3.05, 3.63) is 28.9 Å². The summed E-state index contributed by atoms with van der Waals surface area (Å²) in [4.78, 5) is 14.3. The number of methoxy groups -OCH3 is 1. The van der Waals surface area contributed by atoms with E-state index in [-0.39, 0.29) is 5.78 Å². The highest BCUT2D eigenvalue weighted by atomic mass is 35.5. The van der Waals surface area contributed by atoms with Crippen molar-refractivity contribution in [2.45, 2.75) is 6.92 Å². The van der Waals surface area contributed by atoms with E-state index in [2.05, 4.69) is 4.98 Å². The molecule has 1 N–H and O–H groups in total. The van der Waals surface area contributed by atoms with Gasteiger partial charge in [0.15, 0.2) is 5.78 Å². The topological polar surface area (TPSA) is 42.1 Å². The molecule has 1 heterocycles. The summed E-state index contributed by atoms with van der Waals surface area (Å²) >= 11 is 5.96. The number of halogens is 1. The summed E-state index contributed by atoms with van der Waals surface area (Å²) in [6.45, 7) is 1.49. The monoisotopic (exact) mass is 223 g/mol. The van der Waals surface area contributed by atoms with Crippen LogP contribution in [0.1, 0.15) is 17.3 Å². The number of ketones is 1. The van der Waals surface area contributed by atoms with E-state index in [1.807, 2.05) is 18.2 Å². The molecule has 2 rings (SSSR count). The first-order valence-corrected chi connectivity index (χ1v) is 4.88. The number of hydrogen-bond donors (Lipinski definition) is 1. The first-order valence-electron chi connectivity index (χ1n) is 4.50. The van der Waals surface area contributed by atoms with Crippen LogP contribution in [0, 0.1) is 0 Å². The molecule has 3 nitrogen and oxygen atoms in total. The first kappa shape index (κ1) is 10.1. The van der Waals surface area contributed by atoms with Crippen LogP contribution in [0.3, 0.4) is 0 Å². The highest BCUT2D eigenvalue weighted by Crippen LogP contribution is 2.32. The minimum Gasteiger partial charge on any atom is -0.495 e. The van der Waals surface area contributed by atoms with Crippen molar-refractivity contribution < 1.29 is 9.53 Å². The second kappa shape index (κ2) is 3.59. The number of nitrogens with one attached hydrogen (secondary N) is 1. The lowest BCUT2D eigenvalue weighted by Gasteiger charge is -2.00. The zero-order chi connectivity index (χ0) is 11.0. The second-order valence-corrected chi connectivity index (χ2v) is 3.63. The van der Waals surface area contributed by atoms with Gasteiger partial charge in [-0.3, -0.25) is 4.79 Å². The highest BCUT2D eigenvalue weighted by molar-refractivity contribution is 6.35. The second-order valence-electron chi connectivity index (χ2n) is 3.25. The van der Waals surface area contributed by atoms with Crippen LogP contribution in [0.15, 0.2) is 18.2 Å². The molecule has 4 heteroatoms. The van der Waals surface area contributed by atoms with Crippen molar-refractivity contribution >= 4 is 28.3 Å². The van der Waals surface area contributed by atoms with Crippen LogP contribution >= 0.6 is 11.6 Å². The molecule has 0 unspecified atom stereocenters. The molecule has 78 valence electrons. The molecular weight excluding hydrogens is 214 g/mol. The summed E-state index contributed by atoms with van der Waals surface area (Å²) in [7, 11) is 1.58. The van der Waals surface area contributed by atoms with Gasteiger partial charge in [0.25, 0.3) is 0 Å². The smallest absolute Gasteiger partial charge is 0.163 e. The van der Waals surface area contributed by atoms with Gasteiger partial charge in [-0.15, -0.1) is 0 Å². The molecule has 0 bridgehead atoms. The number of aromatic amines is 1. The van der Waals surface area contributed by atoms with Crippen LogP contribution in [0.5, 0.6) is 5.75 Å². The number of fused-ring (bicyclic) bond motifs is 1. The van der Waals surface area contributed by atoms with Gasteiger partial charge in [-0.25, -0.2) is 0 Å². The van der Waals surface area contributed by atoms with E-state index in [1.54, 1.807) is 7.11 Å². The SMILES string of the molecule is COc1cccc2c(C(C)=O)c(Cl)[nH]c12. The van der Waals surface area contributed by atoms with E-state index in [4.69, 9.17) is 16.3 Å². The Kier molecular flexibility index (Phi) is 2.40. The van der Waals surface area contributed by atoms with Gasteiger partial charge >= 0.3 is 0 Å². The van der Waals surface area contributed by atoms with Crippen molar-refractivity contribution in [3.8, 4) is 5.75 Å². The molecule has 1 aromatic heterocycles. The molecule has 15 heavy (non-hydrogen) atoms. The Balaban J connectivity index is 2.84. The van der Waals surface area contributed by atoms with Gasteiger partial charge in [-0.2, -0.15) is 0 Å². The van der Waals surface area contributed by atoms with Crippen molar-refractivity contribution in [1.82, 2.24) is 4.98 Å². The van der Waals surface area contributed by atoms with Gasteiger partial charge in [0.2, 0.25) is 0 Å². The van der Waals surface area contributed by atoms with Crippen molar-refractivity contribution in [1.29, 1.82) is 0 Å². The van der Waals surface area contributed by atoms with E-state index in [9.17, 15) is 4.79 Å². The predicted octanol–water partition coefficient (Wildman–Crippen LogP) is 3.03. The first-order chi connectivity index (χ1) is 7.15. The summed E-state index contributed by atoms with van der Waals surface area (Å²) in [6.07, 6.45) is 0. The number of hydrogen-bond acceptors (Lipinski definition) is 2. The number of para-hydroxylation sites is 1. The molecule has 0 aliphatic heterocycles. The maximum Gasteiger partial charge on any atom is 0.163 e. The highest BCUT2D eigenvalue weighted by Gasteiger charge is 2.15. The molecular formula is C11H10ClNO2. The van der Waals surface area contributed by atoms with E-state index >= 15 is 0 Å². The van der Waals surface area contributed by atoms with E-state index in [0.717, 1.165) is 10.9 Å². The maximum absolute atomic E-state index is 11.4. The third-order valence-electron chi connectivity index (χ3n) is 2.32. The third-order valence-corrected chi connectivity index (χ3v) is 2.61. The quantitative estimate of drug-likeness (QED) is 0.796. The van der Waals surface area contributed by atoms with Gasteiger partial charge in [-0.05, 0) is 13.0 Å². The normalized spacial score (nSPS) is 10.6. The zero-order valence-corrected chi connectivity index (χ0v) is 9.18. The molecule has 0 aliphatic carbocycles. The van der Waals surface area contributed by atoms with Crippen LogP contribution in [0.25, 0.3) is 10.9 Å². The molecule has 2 aromatic rings. The fourth-order valence-electron chi connectivity index (χ4n) is 1.67. The zero-order valence-electron chi connectivity index (χ0n) is 8.43.